The van der Waals surface area contributed by atoms with Crippen molar-refractivity contribution in [3.05, 3.63) is 77.4 Å². The Balaban J connectivity index is 1.40. The first-order valence-corrected chi connectivity index (χ1v) is 19.5. The molecule has 1 saturated heterocycles. The second kappa shape index (κ2) is 22.4. The Labute approximate surface area is 337 Å². The Hall–Kier alpha value is -5.58. The van der Waals surface area contributed by atoms with Crippen LogP contribution in [0.15, 0.2) is 60.7 Å². The number of nitrogens with zero attached hydrogens (tertiary/aromatic N) is 1. The van der Waals surface area contributed by atoms with E-state index in [-0.39, 0.29) is 37.9 Å². The number of rotatable bonds is 19. The number of hydroxylamine groups is 1. The van der Waals surface area contributed by atoms with Gasteiger partial charge in [-0.15, -0.1) is 0 Å². The van der Waals surface area contributed by atoms with Crippen LogP contribution in [-0.2, 0) is 65.6 Å². The van der Waals surface area contributed by atoms with E-state index in [1.54, 1.807) is 13.8 Å². The molecule has 0 radical (unpaired) electrons. The van der Waals surface area contributed by atoms with Crippen LogP contribution in [0.25, 0.3) is 10.8 Å². The average molecular weight is 808 g/mol. The van der Waals surface area contributed by atoms with Gasteiger partial charge < -0.3 is 28.4 Å². The van der Waals surface area contributed by atoms with E-state index in [1.165, 1.54) is 43.7 Å². The minimum atomic E-state index is -1.62. The van der Waals surface area contributed by atoms with Crippen molar-refractivity contribution in [3.63, 3.8) is 0 Å². The largest absolute Gasteiger partial charge is 0.463 e. The molecule has 2 N–H and O–H groups in total. The van der Waals surface area contributed by atoms with Crippen molar-refractivity contribution < 1.29 is 62.0 Å². The normalized spacial score (nSPS) is 18.8. The molecule has 2 amide bonds. The van der Waals surface area contributed by atoms with Crippen molar-refractivity contribution in [1.29, 1.82) is 0 Å². The zero-order valence-electron chi connectivity index (χ0n) is 33.8. The number of esters is 4. The molecule has 314 valence electrons. The first-order chi connectivity index (χ1) is 27.9. The minimum Gasteiger partial charge on any atom is -0.463 e. The highest BCUT2D eigenvalue weighted by Gasteiger charge is 2.53. The second-order valence-electron chi connectivity index (χ2n) is 13.3. The van der Waals surface area contributed by atoms with Crippen LogP contribution in [0, 0.1) is 0 Å². The molecule has 4 rings (SSSR count). The topological polar surface area (TPSA) is 194 Å². The molecular weight excluding hydrogens is 754 g/mol. The summed E-state index contributed by atoms with van der Waals surface area (Å²) in [6.07, 6.45) is -8.15. The predicted octanol–water partition coefficient (Wildman–Crippen LogP) is 5.74. The molecule has 0 aromatic heterocycles. The summed E-state index contributed by atoms with van der Waals surface area (Å²) in [4.78, 5) is 83.4. The lowest BCUT2D eigenvalue weighted by Gasteiger charge is -2.43. The van der Waals surface area contributed by atoms with Gasteiger partial charge in [0.15, 0.2) is 18.3 Å². The fourth-order valence-corrected chi connectivity index (χ4v) is 5.91. The van der Waals surface area contributed by atoms with Gasteiger partial charge in [-0.05, 0) is 71.4 Å². The maximum atomic E-state index is 13.2. The molecule has 1 aliphatic rings. The van der Waals surface area contributed by atoms with Crippen molar-refractivity contribution in [3.8, 4) is 0 Å². The Kier molecular flexibility index (Phi) is 17.4. The number of anilines is 1. The van der Waals surface area contributed by atoms with Crippen LogP contribution < -0.4 is 10.8 Å². The molecular formula is C42H53N3O13. The van der Waals surface area contributed by atoms with Gasteiger partial charge in [0.1, 0.15) is 19.3 Å². The lowest BCUT2D eigenvalue weighted by molar-refractivity contribution is -0.317. The van der Waals surface area contributed by atoms with Gasteiger partial charge >= 0.3 is 30.0 Å². The maximum absolute atomic E-state index is 13.2. The van der Waals surface area contributed by atoms with Gasteiger partial charge in [0, 0.05) is 43.5 Å². The Morgan fingerprint density at radius 2 is 1.19 bits per heavy atom. The number of amides is 2. The van der Waals surface area contributed by atoms with E-state index in [4.69, 9.17) is 33.3 Å². The highest BCUT2D eigenvalue weighted by atomic mass is 16.8. The summed E-state index contributed by atoms with van der Waals surface area (Å²) in [5.41, 5.74) is 4.75. The molecule has 0 bridgehead atoms. The third kappa shape index (κ3) is 13.0. The molecule has 0 unspecified atom stereocenters. The molecule has 3 aromatic rings. The van der Waals surface area contributed by atoms with E-state index in [0.29, 0.717) is 5.69 Å². The van der Waals surface area contributed by atoms with Gasteiger partial charge in [-0.2, -0.15) is 0 Å². The highest BCUT2D eigenvalue weighted by Crippen LogP contribution is 2.30. The van der Waals surface area contributed by atoms with Crippen molar-refractivity contribution >= 4 is 52.3 Å². The van der Waals surface area contributed by atoms with Gasteiger partial charge in [-0.1, -0.05) is 65.8 Å². The molecule has 0 aliphatic carbocycles. The van der Waals surface area contributed by atoms with Crippen molar-refractivity contribution in [1.82, 2.24) is 10.4 Å². The molecule has 1 aliphatic heterocycles. The van der Waals surface area contributed by atoms with Crippen LogP contribution in [0.4, 0.5) is 10.5 Å². The quantitative estimate of drug-likeness (QED) is 0.0846. The smallest absolute Gasteiger partial charge is 0.411 e. The van der Waals surface area contributed by atoms with Crippen molar-refractivity contribution in [2.24, 2.45) is 0 Å². The average Bonchev–Trinajstić information content (AvgIpc) is 3.24. The number of carbonyl (C=O) groups is 6. The molecule has 1 fully saturated rings. The standard InChI is InChI=1S/C42H53N3O13/c1-7-33(46)52-25-32-37(55-34(47)8-2)38(56-35(48)9-3)39(57-36(49)10-4)41(54-32)58-44-40(50)28-17-19-31(20-18-28)43-42(51)53-24-27-14-16-29-21-26(13-15-30(29)22-27)23-45(11-5)12-6/h13-22,32,37-39,41H,7-12,23-25H2,1-6H3,(H,43,51)(H,44,50)/t32-,37+,38+,39-,41+/m1/s1. The summed E-state index contributed by atoms with van der Waals surface area (Å²) in [6, 6.07) is 18.0. The molecule has 0 spiro atoms. The summed E-state index contributed by atoms with van der Waals surface area (Å²) >= 11 is 0. The minimum absolute atomic E-state index is 0.0342. The van der Waals surface area contributed by atoms with Gasteiger partial charge in [0.25, 0.3) is 5.91 Å². The number of nitrogens with one attached hydrogen (secondary N) is 2. The lowest BCUT2D eigenvalue weighted by Crippen LogP contribution is -2.63. The predicted molar refractivity (Wildman–Crippen MR) is 210 cm³/mol. The third-order valence-electron chi connectivity index (χ3n) is 9.26. The summed E-state index contributed by atoms with van der Waals surface area (Å²) < 4.78 is 33.4. The lowest BCUT2D eigenvalue weighted by atomic mass is 9.98. The van der Waals surface area contributed by atoms with E-state index in [1.807, 2.05) is 18.2 Å². The van der Waals surface area contributed by atoms with Gasteiger partial charge in [-0.3, -0.25) is 34.2 Å². The molecule has 5 atom stereocenters. The van der Waals surface area contributed by atoms with Gasteiger partial charge in [0.2, 0.25) is 6.29 Å². The number of benzene rings is 3. The van der Waals surface area contributed by atoms with Crippen LogP contribution in [0.2, 0.25) is 0 Å². The zero-order chi connectivity index (χ0) is 42.2. The molecule has 1 heterocycles. The van der Waals surface area contributed by atoms with Crippen LogP contribution in [0.5, 0.6) is 0 Å². The summed E-state index contributed by atoms with van der Waals surface area (Å²) in [5.74, 6) is -3.50. The number of hydrogen-bond acceptors (Lipinski definition) is 14. The SMILES string of the molecule is CCC(=O)OC[C@H]1O[C@@H](ONC(=O)c2ccc(NC(=O)OCc3ccc4cc(CN(CC)CC)ccc4c3)cc2)[C@H](OC(=O)CC)[C@@H](OC(=O)CC)[C@H]1OC(=O)CC. The molecule has 16 heteroatoms. The Morgan fingerprint density at radius 3 is 1.78 bits per heavy atom. The molecule has 0 saturated carbocycles. The second-order valence-corrected chi connectivity index (χ2v) is 13.3. The number of carbonyl (C=O) groups excluding carboxylic acids is 6. The van der Waals surface area contributed by atoms with Gasteiger partial charge in [0.05, 0.1) is 0 Å². The summed E-state index contributed by atoms with van der Waals surface area (Å²) in [5, 5.41) is 4.77. The van der Waals surface area contributed by atoms with Crippen molar-refractivity contribution in [2.75, 3.05) is 25.0 Å². The van der Waals surface area contributed by atoms with E-state index in [2.05, 4.69) is 47.7 Å². The summed E-state index contributed by atoms with van der Waals surface area (Å²) in [6.45, 7) is 12.9. The van der Waals surface area contributed by atoms with Crippen LogP contribution in [0.3, 0.4) is 0 Å². The number of fused-ring (bicyclic) bond motifs is 1. The Bertz CT molecular complexity index is 1880. The highest BCUT2D eigenvalue weighted by molar-refractivity contribution is 5.94. The summed E-state index contributed by atoms with van der Waals surface area (Å²) in [7, 11) is 0. The first kappa shape index (κ1) is 45.1. The van der Waals surface area contributed by atoms with E-state index in [0.717, 1.165) is 36.0 Å². The maximum Gasteiger partial charge on any atom is 0.411 e. The van der Waals surface area contributed by atoms with E-state index >= 15 is 0 Å². The first-order valence-electron chi connectivity index (χ1n) is 19.5. The number of ether oxygens (including phenoxy) is 6. The van der Waals surface area contributed by atoms with Crippen molar-refractivity contribution in [2.45, 2.75) is 111 Å². The van der Waals surface area contributed by atoms with E-state index < -0.39 is 73.2 Å². The monoisotopic (exact) mass is 807 g/mol. The molecule has 16 nitrogen and oxygen atoms in total. The molecule has 3 aromatic carbocycles. The third-order valence-corrected chi connectivity index (χ3v) is 9.26. The van der Waals surface area contributed by atoms with Crippen LogP contribution in [-0.4, -0.2) is 91.2 Å². The van der Waals surface area contributed by atoms with Gasteiger partial charge in [-0.25, -0.2) is 15.1 Å². The van der Waals surface area contributed by atoms with E-state index in [9.17, 15) is 28.8 Å². The van der Waals surface area contributed by atoms with Crippen LogP contribution in [0.1, 0.15) is 88.7 Å². The fourth-order valence-electron chi connectivity index (χ4n) is 5.91. The number of hydrogen-bond donors (Lipinski definition) is 2. The molecule has 58 heavy (non-hydrogen) atoms. The van der Waals surface area contributed by atoms with Crippen LogP contribution >= 0.6 is 0 Å². The fraction of sp³-hybridized carbons (Fsp3) is 0.476. The zero-order valence-corrected chi connectivity index (χ0v) is 33.8. The Morgan fingerprint density at radius 1 is 0.638 bits per heavy atom.